The van der Waals surface area contributed by atoms with Gasteiger partial charge in [-0.15, -0.1) is 11.3 Å². The van der Waals surface area contributed by atoms with Crippen LogP contribution in [0.25, 0.3) is 0 Å². The highest BCUT2D eigenvalue weighted by atomic mass is 35.5. The predicted octanol–water partition coefficient (Wildman–Crippen LogP) is 3.35. The summed E-state index contributed by atoms with van der Waals surface area (Å²) in [7, 11) is -3.66. The zero-order valence-corrected chi connectivity index (χ0v) is 13.7. The van der Waals surface area contributed by atoms with Gasteiger partial charge in [-0.05, 0) is 0 Å². The lowest BCUT2D eigenvalue weighted by molar-refractivity contribution is 0.573. The highest BCUT2D eigenvalue weighted by Gasteiger charge is 2.22. The van der Waals surface area contributed by atoms with Crippen LogP contribution in [0.1, 0.15) is 26.5 Å². The molecule has 0 saturated carbocycles. The topological polar surface area (TPSA) is 72.0 Å². The van der Waals surface area contributed by atoms with Crippen LogP contribution in [-0.2, 0) is 15.4 Å². The van der Waals surface area contributed by atoms with E-state index in [1.54, 1.807) is 0 Å². The molecular weight excluding hydrogens is 326 g/mol. The van der Waals surface area contributed by atoms with Gasteiger partial charge < -0.3 is 0 Å². The Balaban J connectivity index is 2.24. The SMILES string of the molecule is CC(C)(C)c1csc(NS(=O)(=O)c2cnc(Cl)s2)n1. The summed E-state index contributed by atoms with van der Waals surface area (Å²) in [4.78, 5) is 8.00. The molecule has 0 fully saturated rings. The van der Waals surface area contributed by atoms with Crippen molar-refractivity contribution in [3.63, 3.8) is 0 Å². The van der Waals surface area contributed by atoms with E-state index in [1.165, 1.54) is 17.5 Å². The smallest absolute Gasteiger partial charge is 0.254 e. The van der Waals surface area contributed by atoms with Gasteiger partial charge in [0.25, 0.3) is 10.0 Å². The van der Waals surface area contributed by atoms with Crippen LogP contribution >= 0.6 is 34.3 Å². The second-order valence-electron chi connectivity index (χ2n) is 4.83. The Morgan fingerprint density at radius 1 is 1.37 bits per heavy atom. The average Bonchev–Trinajstić information content (AvgIpc) is 2.85. The average molecular weight is 338 g/mol. The Bertz CT molecular complexity index is 685. The summed E-state index contributed by atoms with van der Waals surface area (Å²) >= 11 is 7.80. The molecule has 9 heteroatoms. The minimum Gasteiger partial charge on any atom is -0.254 e. The van der Waals surface area contributed by atoms with Crippen LogP contribution < -0.4 is 4.72 Å². The minimum atomic E-state index is -3.66. The quantitative estimate of drug-likeness (QED) is 0.932. The number of nitrogens with one attached hydrogen (secondary N) is 1. The minimum absolute atomic E-state index is 0.0741. The van der Waals surface area contributed by atoms with Crippen molar-refractivity contribution in [3.8, 4) is 0 Å². The van der Waals surface area contributed by atoms with Crippen molar-refractivity contribution < 1.29 is 8.42 Å². The third-order valence-electron chi connectivity index (χ3n) is 2.22. The maximum absolute atomic E-state index is 12.0. The summed E-state index contributed by atoms with van der Waals surface area (Å²) < 4.78 is 26.8. The Hall–Kier alpha value is -0.700. The van der Waals surface area contributed by atoms with E-state index in [9.17, 15) is 8.42 Å². The van der Waals surface area contributed by atoms with E-state index in [4.69, 9.17) is 11.6 Å². The zero-order valence-electron chi connectivity index (χ0n) is 10.5. The molecule has 0 aromatic carbocycles. The van der Waals surface area contributed by atoms with Gasteiger partial charge in [-0.1, -0.05) is 43.7 Å². The van der Waals surface area contributed by atoms with Crippen LogP contribution in [0, 0.1) is 0 Å². The van der Waals surface area contributed by atoms with Gasteiger partial charge in [0, 0.05) is 10.8 Å². The molecule has 0 saturated heterocycles. The van der Waals surface area contributed by atoms with Crippen molar-refractivity contribution in [2.75, 3.05) is 4.72 Å². The summed E-state index contributed by atoms with van der Waals surface area (Å²) in [5.41, 5.74) is 0.728. The Morgan fingerprint density at radius 3 is 2.53 bits per heavy atom. The molecule has 5 nitrogen and oxygen atoms in total. The molecule has 0 atom stereocenters. The molecule has 0 bridgehead atoms. The van der Waals surface area contributed by atoms with E-state index >= 15 is 0 Å². The second kappa shape index (κ2) is 5.01. The first-order valence-electron chi connectivity index (χ1n) is 5.29. The number of aromatic nitrogens is 2. The molecule has 104 valence electrons. The lowest BCUT2D eigenvalue weighted by atomic mass is 9.93. The molecule has 19 heavy (non-hydrogen) atoms. The first-order chi connectivity index (χ1) is 8.68. The molecule has 0 aliphatic heterocycles. The molecule has 0 spiro atoms. The third-order valence-corrected chi connectivity index (χ3v) is 6.02. The zero-order chi connectivity index (χ0) is 14.3. The third kappa shape index (κ3) is 3.44. The number of halogens is 1. The van der Waals surface area contributed by atoms with Gasteiger partial charge in [-0.25, -0.2) is 18.4 Å². The molecule has 0 aliphatic carbocycles. The van der Waals surface area contributed by atoms with Gasteiger partial charge in [0.2, 0.25) is 0 Å². The molecule has 0 unspecified atom stereocenters. The number of anilines is 1. The van der Waals surface area contributed by atoms with Crippen molar-refractivity contribution >= 4 is 49.4 Å². The van der Waals surface area contributed by atoms with Crippen LogP contribution in [-0.4, -0.2) is 18.4 Å². The van der Waals surface area contributed by atoms with Gasteiger partial charge in [-0.3, -0.25) is 4.72 Å². The molecule has 0 amide bonds. The van der Waals surface area contributed by atoms with E-state index in [2.05, 4.69) is 14.7 Å². The molecule has 2 aromatic rings. The Labute approximate surface area is 124 Å². The van der Waals surface area contributed by atoms with E-state index in [0.29, 0.717) is 5.13 Å². The highest BCUT2D eigenvalue weighted by Crippen LogP contribution is 2.29. The maximum atomic E-state index is 12.0. The van der Waals surface area contributed by atoms with Gasteiger partial charge in [0.15, 0.2) is 13.8 Å². The van der Waals surface area contributed by atoms with Gasteiger partial charge in [0.05, 0.1) is 11.9 Å². The van der Waals surface area contributed by atoms with Crippen molar-refractivity contribution in [1.29, 1.82) is 0 Å². The number of hydrogen-bond acceptors (Lipinski definition) is 6. The van der Waals surface area contributed by atoms with Crippen LogP contribution in [0.5, 0.6) is 0 Å². The molecule has 0 radical (unpaired) electrons. The molecule has 0 aliphatic rings. The number of thiazole rings is 2. The molecule has 2 heterocycles. The molecular formula is C10H12ClN3O2S3. The summed E-state index contributed by atoms with van der Waals surface area (Å²) in [5.74, 6) is 0. The van der Waals surface area contributed by atoms with Gasteiger partial charge in [0.1, 0.15) is 0 Å². The number of rotatable bonds is 3. The van der Waals surface area contributed by atoms with E-state index in [-0.39, 0.29) is 14.1 Å². The normalized spacial score (nSPS) is 12.6. The van der Waals surface area contributed by atoms with E-state index < -0.39 is 10.0 Å². The lowest BCUT2D eigenvalue weighted by Gasteiger charge is -2.14. The predicted molar refractivity (Wildman–Crippen MR) is 78.7 cm³/mol. The van der Waals surface area contributed by atoms with Crippen LogP contribution in [0.3, 0.4) is 0 Å². The van der Waals surface area contributed by atoms with Crippen molar-refractivity contribution in [2.24, 2.45) is 0 Å². The fourth-order valence-electron chi connectivity index (χ4n) is 1.19. The first kappa shape index (κ1) is 14.7. The summed E-state index contributed by atoms with van der Waals surface area (Å²) in [6, 6.07) is 0. The Kier molecular flexibility index (Phi) is 3.87. The molecule has 2 aromatic heterocycles. The van der Waals surface area contributed by atoms with Crippen LogP contribution in [0.4, 0.5) is 5.13 Å². The standard InChI is InChI=1S/C10H12ClN3O2S3/c1-10(2,3)6-5-17-9(13-6)14-19(15,16)7-4-12-8(11)18-7/h4-5H,1-3H3,(H,13,14). The van der Waals surface area contributed by atoms with Gasteiger partial charge in [-0.2, -0.15) is 0 Å². The summed E-state index contributed by atoms with van der Waals surface area (Å²) in [6.07, 6.45) is 1.23. The lowest BCUT2D eigenvalue weighted by Crippen LogP contribution is -2.14. The number of sulfonamides is 1. The van der Waals surface area contributed by atoms with Crippen LogP contribution in [0.2, 0.25) is 4.47 Å². The van der Waals surface area contributed by atoms with Crippen molar-refractivity contribution in [3.05, 3.63) is 21.7 Å². The fourth-order valence-corrected chi connectivity index (χ4v) is 4.68. The number of nitrogens with zero attached hydrogens (tertiary/aromatic N) is 2. The first-order valence-corrected chi connectivity index (χ1v) is 8.84. The summed E-state index contributed by atoms with van der Waals surface area (Å²) in [6.45, 7) is 6.05. The number of hydrogen-bond donors (Lipinski definition) is 1. The van der Waals surface area contributed by atoms with Crippen molar-refractivity contribution in [2.45, 2.75) is 30.4 Å². The summed E-state index contributed by atoms with van der Waals surface area (Å²) in [5, 5.41) is 2.19. The van der Waals surface area contributed by atoms with Crippen molar-refractivity contribution in [1.82, 2.24) is 9.97 Å². The van der Waals surface area contributed by atoms with E-state index in [1.807, 2.05) is 26.2 Å². The Morgan fingerprint density at radius 2 is 2.05 bits per heavy atom. The highest BCUT2D eigenvalue weighted by molar-refractivity contribution is 7.94. The molecule has 2 rings (SSSR count). The van der Waals surface area contributed by atoms with Gasteiger partial charge >= 0.3 is 0 Å². The largest absolute Gasteiger partial charge is 0.274 e. The maximum Gasteiger partial charge on any atom is 0.274 e. The fraction of sp³-hybridized carbons (Fsp3) is 0.400. The molecule has 1 N–H and O–H groups in total. The monoisotopic (exact) mass is 337 g/mol. The van der Waals surface area contributed by atoms with Crippen LogP contribution in [0.15, 0.2) is 15.8 Å². The van der Waals surface area contributed by atoms with E-state index in [0.717, 1.165) is 17.0 Å². The second-order valence-corrected chi connectivity index (χ2v) is 9.21.